The van der Waals surface area contributed by atoms with Crippen molar-refractivity contribution in [2.24, 2.45) is 0 Å². The average molecular weight is 451 g/mol. The van der Waals surface area contributed by atoms with Gasteiger partial charge in [0, 0.05) is 29.7 Å². The van der Waals surface area contributed by atoms with E-state index in [1.54, 1.807) is 7.11 Å². The molecule has 32 heavy (non-hydrogen) atoms. The van der Waals surface area contributed by atoms with Crippen LogP contribution >= 0.6 is 0 Å². The molecule has 0 spiro atoms. The van der Waals surface area contributed by atoms with Crippen LogP contribution in [-0.2, 0) is 16.1 Å². The highest BCUT2D eigenvalue weighted by Crippen LogP contribution is 2.31. The molecule has 0 fully saturated rings. The zero-order valence-electron chi connectivity index (χ0n) is 20.6. The summed E-state index contributed by atoms with van der Waals surface area (Å²) in [6, 6.07) is 3.59. The van der Waals surface area contributed by atoms with Gasteiger partial charge in [0.15, 0.2) is 0 Å². The Morgan fingerprint density at radius 2 is 1.69 bits per heavy atom. The minimum absolute atomic E-state index is 0.107. The van der Waals surface area contributed by atoms with Gasteiger partial charge in [0.2, 0.25) is 0 Å². The van der Waals surface area contributed by atoms with Crippen molar-refractivity contribution >= 4 is 11.9 Å². The van der Waals surface area contributed by atoms with Gasteiger partial charge in [-0.05, 0) is 50.3 Å². The van der Waals surface area contributed by atoms with Crippen molar-refractivity contribution in [2.75, 3.05) is 7.11 Å². The molecular formula is C25H42N2O5. The van der Waals surface area contributed by atoms with Crippen molar-refractivity contribution in [3.05, 3.63) is 28.8 Å². The number of benzene rings is 1. The lowest BCUT2D eigenvalue weighted by Gasteiger charge is -2.37. The number of carboxylic acids is 2. The number of carboxylic acid groups (broad SMARTS) is 2. The first-order chi connectivity index (χ1) is 15.1. The zero-order valence-corrected chi connectivity index (χ0v) is 20.6. The van der Waals surface area contributed by atoms with Gasteiger partial charge >= 0.3 is 11.9 Å². The van der Waals surface area contributed by atoms with Crippen LogP contribution in [0, 0.1) is 6.92 Å². The lowest BCUT2D eigenvalue weighted by Crippen LogP contribution is -2.45. The minimum atomic E-state index is -1.03. The van der Waals surface area contributed by atoms with E-state index < -0.39 is 18.0 Å². The summed E-state index contributed by atoms with van der Waals surface area (Å²) in [5.41, 5.74) is 3.27. The fourth-order valence-corrected chi connectivity index (χ4v) is 4.38. The first kappa shape index (κ1) is 27.9. The van der Waals surface area contributed by atoms with E-state index in [9.17, 15) is 9.59 Å². The minimum Gasteiger partial charge on any atom is -0.496 e. The van der Waals surface area contributed by atoms with Crippen molar-refractivity contribution in [2.45, 2.75) is 104 Å². The van der Waals surface area contributed by atoms with Gasteiger partial charge < -0.3 is 25.6 Å². The van der Waals surface area contributed by atoms with Crippen molar-refractivity contribution < 1.29 is 24.5 Å². The summed E-state index contributed by atoms with van der Waals surface area (Å²) < 4.78 is 5.63. The number of aliphatic carboxylic acids is 2. The summed E-state index contributed by atoms with van der Waals surface area (Å²) in [5.74, 6) is -1.34. The topological polar surface area (TPSA) is 108 Å². The maximum atomic E-state index is 11.1. The van der Waals surface area contributed by atoms with Crippen LogP contribution in [0.2, 0.25) is 0 Å². The van der Waals surface area contributed by atoms with E-state index in [1.165, 1.54) is 18.4 Å². The first-order valence-electron chi connectivity index (χ1n) is 11.7. The Balaban J connectivity index is 3.06. The maximum Gasteiger partial charge on any atom is 0.304 e. The van der Waals surface area contributed by atoms with Crippen LogP contribution in [0.25, 0.3) is 0 Å². The fourth-order valence-electron chi connectivity index (χ4n) is 4.38. The van der Waals surface area contributed by atoms with Crippen LogP contribution in [0.5, 0.6) is 5.75 Å². The monoisotopic (exact) mass is 450 g/mol. The number of aryl methyl sites for hydroxylation is 1. The predicted octanol–water partition coefficient (Wildman–Crippen LogP) is 4.81. The molecule has 7 nitrogen and oxygen atoms in total. The Labute approximate surface area is 192 Å². The van der Waals surface area contributed by atoms with Gasteiger partial charge in [-0.15, -0.1) is 0 Å². The van der Waals surface area contributed by atoms with Gasteiger partial charge in [-0.2, -0.15) is 0 Å². The SMILES string of the molecule is CCCCC(CC)(CC)N[C@H](C)c1cc(OC)c(CNC(CC(=O)O)CC(=O)O)cc1C. The molecule has 1 atom stereocenters. The van der Waals surface area contributed by atoms with Crippen molar-refractivity contribution in [1.29, 1.82) is 0 Å². The molecule has 0 aliphatic heterocycles. The molecule has 0 amide bonds. The summed E-state index contributed by atoms with van der Waals surface area (Å²) in [4.78, 5) is 22.1. The Bertz CT molecular complexity index is 730. The van der Waals surface area contributed by atoms with E-state index in [0.29, 0.717) is 12.3 Å². The molecule has 0 unspecified atom stereocenters. The van der Waals surface area contributed by atoms with Crippen LogP contribution in [0.4, 0.5) is 0 Å². The van der Waals surface area contributed by atoms with Gasteiger partial charge in [-0.25, -0.2) is 0 Å². The van der Waals surface area contributed by atoms with E-state index in [0.717, 1.165) is 30.4 Å². The van der Waals surface area contributed by atoms with Gasteiger partial charge in [-0.1, -0.05) is 39.7 Å². The van der Waals surface area contributed by atoms with E-state index in [2.05, 4.69) is 45.3 Å². The molecule has 0 aliphatic carbocycles. The normalized spacial score (nSPS) is 12.7. The number of methoxy groups -OCH3 is 1. The molecule has 0 heterocycles. The quantitative estimate of drug-likeness (QED) is 0.286. The maximum absolute atomic E-state index is 11.1. The molecule has 0 aliphatic rings. The third kappa shape index (κ3) is 8.43. The number of carbonyl (C=O) groups is 2. The summed E-state index contributed by atoms with van der Waals surface area (Å²) in [6.45, 7) is 11.3. The van der Waals surface area contributed by atoms with E-state index in [-0.39, 0.29) is 24.4 Å². The Kier molecular flexibility index (Phi) is 11.7. The molecule has 182 valence electrons. The second-order valence-electron chi connectivity index (χ2n) is 8.75. The van der Waals surface area contributed by atoms with Gasteiger partial charge in [0.1, 0.15) is 5.75 Å². The molecule has 1 aromatic carbocycles. The summed E-state index contributed by atoms with van der Waals surface area (Å²) >= 11 is 0. The largest absolute Gasteiger partial charge is 0.496 e. The van der Waals surface area contributed by atoms with E-state index in [4.69, 9.17) is 14.9 Å². The lowest BCUT2D eigenvalue weighted by molar-refractivity contribution is -0.139. The van der Waals surface area contributed by atoms with Crippen LogP contribution in [0.1, 0.15) is 95.4 Å². The third-order valence-corrected chi connectivity index (χ3v) is 6.44. The molecule has 7 heteroatoms. The van der Waals surface area contributed by atoms with Crippen molar-refractivity contribution in [3.63, 3.8) is 0 Å². The van der Waals surface area contributed by atoms with Crippen LogP contribution in [0.15, 0.2) is 12.1 Å². The Morgan fingerprint density at radius 3 is 2.16 bits per heavy atom. The second-order valence-corrected chi connectivity index (χ2v) is 8.75. The van der Waals surface area contributed by atoms with Gasteiger partial charge in [0.25, 0.3) is 0 Å². The molecule has 4 N–H and O–H groups in total. The number of hydrogen-bond acceptors (Lipinski definition) is 5. The van der Waals surface area contributed by atoms with Crippen LogP contribution in [-0.4, -0.2) is 40.8 Å². The highest BCUT2D eigenvalue weighted by Gasteiger charge is 2.28. The number of ether oxygens (including phenoxy) is 1. The van der Waals surface area contributed by atoms with Crippen molar-refractivity contribution in [1.82, 2.24) is 10.6 Å². The molecular weight excluding hydrogens is 408 g/mol. The van der Waals surface area contributed by atoms with Crippen LogP contribution in [0.3, 0.4) is 0 Å². The number of hydrogen-bond donors (Lipinski definition) is 4. The molecule has 0 saturated carbocycles. The molecule has 1 rings (SSSR count). The lowest BCUT2D eigenvalue weighted by atomic mass is 9.85. The standard InChI is InChI=1S/C25H42N2O5/c1-7-10-11-25(8-2,9-3)27-18(5)21-15-22(32-6)19(12-17(21)4)16-26-20(13-23(28)29)14-24(30)31/h12,15,18,20,26-27H,7-11,13-14,16H2,1-6H3,(H,28,29)(H,30,31)/t18-/m1/s1. The summed E-state index contributed by atoms with van der Waals surface area (Å²) in [6.07, 6.45) is 5.16. The van der Waals surface area contributed by atoms with Gasteiger partial charge in [0.05, 0.1) is 20.0 Å². The second kappa shape index (κ2) is 13.4. The molecule has 1 aromatic rings. The van der Waals surface area contributed by atoms with Gasteiger partial charge in [-0.3, -0.25) is 9.59 Å². The summed E-state index contributed by atoms with van der Waals surface area (Å²) in [7, 11) is 1.62. The molecule has 0 bridgehead atoms. The van der Waals surface area contributed by atoms with Crippen molar-refractivity contribution in [3.8, 4) is 5.75 Å². The van der Waals surface area contributed by atoms with E-state index >= 15 is 0 Å². The molecule has 0 aromatic heterocycles. The first-order valence-corrected chi connectivity index (χ1v) is 11.7. The zero-order chi connectivity index (χ0) is 24.3. The number of nitrogens with one attached hydrogen (secondary N) is 2. The fraction of sp³-hybridized carbons (Fsp3) is 0.680. The Morgan fingerprint density at radius 1 is 1.09 bits per heavy atom. The van der Waals surface area contributed by atoms with Crippen LogP contribution < -0.4 is 15.4 Å². The third-order valence-electron chi connectivity index (χ3n) is 6.44. The molecule has 0 radical (unpaired) electrons. The predicted molar refractivity (Wildman–Crippen MR) is 127 cm³/mol. The number of rotatable bonds is 16. The number of unbranched alkanes of at least 4 members (excludes halogenated alkanes) is 1. The highest BCUT2D eigenvalue weighted by atomic mass is 16.5. The Hall–Kier alpha value is -2.12. The summed E-state index contributed by atoms with van der Waals surface area (Å²) in [5, 5.41) is 25.1. The average Bonchev–Trinajstić information content (AvgIpc) is 2.74. The van der Waals surface area contributed by atoms with E-state index in [1.807, 2.05) is 12.1 Å². The molecule has 0 saturated heterocycles. The smallest absolute Gasteiger partial charge is 0.304 e. The highest BCUT2D eigenvalue weighted by molar-refractivity contribution is 5.71.